The Balaban J connectivity index is 1.70. The van der Waals surface area contributed by atoms with Gasteiger partial charge in [0.05, 0.1) is 11.6 Å². The normalized spacial score (nSPS) is 12.7. The predicted octanol–water partition coefficient (Wildman–Crippen LogP) is 4.41. The standard InChI is InChI=1S/C21H14F4N4O/c22-16-2-1-8-27-19(16)18(13-3-5-15(6-4-13)21(23,24)25)28-20(30)14-7-10-29-11-9-26-17(29)12-14/h1-12,18H,(H,28,30)/t18-/m0/s1. The second kappa shape index (κ2) is 7.58. The first-order valence-corrected chi connectivity index (χ1v) is 8.84. The van der Waals surface area contributed by atoms with E-state index in [2.05, 4.69) is 15.3 Å². The summed E-state index contributed by atoms with van der Waals surface area (Å²) in [5.74, 6) is -1.23. The van der Waals surface area contributed by atoms with Crippen molar-refractivity contribution in [1.82, 2.24) is 19.7 Å². The lowest BCUT2D eigenvalue weighted by molar-refractivity contribution is -0.137. The molecular formula is C21H14F4N4O. The fraction of sp³-hybridized carbons (Fsp3) is 0.0952. The van der Waals surface area contributed by atoms with Gasteiger partial charge < -0.3 is 9.72 Å². The Morgan fingerprint density at radius 1 is 1.00 bits per heavy atom. The smallest absolute Gasteiger partial charge is 0.339 e. The van der Waals surface area contributed by atoms with Crippen molar-refractivity contribution in [3.05, 3.63) is 102 Å². The Hall–Kier alpha value is -3.75. The number of imidazole rings is 1. The molecule has 0 fully saturated rings. The molecule has 0 aliphatic rings. The number of amides is 1. The average molecular weight is 414 g/mol. The number of carbonyl (C=O) groups is 1. The summed E-state index contributed by atoms with van der Waals surface area (Å²) in [7, 11) is 0. The van der Waals surface area contributed by atoms with Crippen LogP contribution in [0.15, 0.2) is 73.3 Å². The van der Waals surface area contributed by atoms with Gasteiger partial charge in [-0.3, -0.25) is 9.78 Å². The molecule has 0 bridgehead atoms. The first-order valence-electron chi connectivity index (χ1n) is 8.84. The summed E-state index contributed by atoms with van der Waals surface area (Å²) in [5, 5.41) is 2.66. The van der Waals surface area contributed by atoms with Crippen molar-refractivity contribution < 1.29 is 22.4 Å². The number of hydrogen-bond acceptors (Lipinski definition) is 3. The van der Waals surface area contributed by atoms with Crippen LogP contribution in [0.1, 0.15) is 33.2 Å². The number of halogens is 4. The number of alkyl halides is 3. The molecule has 5 nitrogen and oxygen atoms in total. The first-order chi connectivity index (χ1) is 14.3. The van der Waals surface area contributed by atoms with E-state index in [1.54, 1.807) is 35.1 Å². The number of carbonyl (C=O) groups excluding carboxylic acids is 1. The second-order valence-corrected chi connectivity index (χ2v) is 6.50. The molecule has 9 heteroatoms. The second-order valence-electron chi connectivity index (χ2n) is 6.50. The Morgan fingerprint density at radius 3 is 2.47 bits per heavy atom. The van der Waals surface area contributed by atoms with Gasteiger partial charge in [0.1, 0.15) is 17.2 Å². The molecule has 3 heterocycles. The summed E-state index contributed by atoms with van der Waals surface area (Å²) in [5.41, 5.74) is 0.116. The largest absolute Gasteiger partial charge is 0.416 e. The fourth-order valence-electron chi connectivity index (χ4n) is 3.05. The number of fused-ring (bicyclic) bond motifs is 1. The van der Waals surface area contributed by atoms with Crippen molar-refractivity contribution in [2.24, 2.45) is 0 Å². The minimum Gasteiger partial charge on any atom is -0.339 e. The van der Waals surface area contributed by atoms with Gasteiger partial charge in [-0.15, -0.1) is 0 Å². The molecule has 1 amide bonds. The topological polar surface area (TPSA) is 59.3 Å². The fourth-order valence-corrected chi connectivity index (χ4v) is 3.05. The molecule has 0 saturated heterocycles. The maximum Gasteiger partial charge on any atom is 0.416 e. The zero-order valence-electron chi connectivity index (χ0n) is 15.3. The van der Waals surface area contributed by atoms with Gasteiger partial charge in [-0.1, -0.05) is 12.1 Å². The van der Waals surface area contributed by atoms with Crippen LogP contribution in [-0.4, -0.2) is 20.3 Å². The molecule has 1 atom stereocenters. The maximum atomic E-state index is 14.4. The van der Waals surface area contributed by atoms with Crippen molar-refractivity contribution in [2.75, 3.05) is 0 Å². The quantitative estimate of drug-likeness (QED) is 0.504. The summed E-state index contributed by atoms with van der Waals surface area (Å²) < 4.78 is 54.8. The third-order valence-corrected chi connectivity index (χ3v) is 4.57. The zero-order chi connectivity index (χ0) is 21.3. The molecule has 4 aromatic rings. The molecular weight excluding hydrogens is 400 g/mol. The van der Waals surface area contributed by atoms with Crippen molar-refractivity contribution in [3.63, 3.8) is 0 Å². The van der Waals surface area contributed by atoms with E-state index < -0.39 is 29.5 Å². The van der Waals surface area contributed by atoms with Crippen LogP contribution in [-0.2, 0) is 6.18 Å². The Kier molecular flexibility index (Phi) is 4.94. The molecule has 30 heavy (non-hydrogen) atoms. The van der Waals surface area contributed by atoms with Crippen molar-refractivity contribution in [2.45, 2.75) is 12.2 Å². The highest BCUT2D eigenvalue weighted by atomic mass is 19.4. The summed E-state index contributed by atoms with van der Waals surface area (Å²) in [6, 6.07) is 8.73. The van der Waals surface area contributed by atoms with Crippen LogP contribution in [0.2, 0.25) is 0 Å². The van der Waals surface area contributed by atoms with E-state index >= 15 is 0 Å². The van der Waals surface area contributed by atoms with Crippen LogP contribution in [0.25, 0.3) is 5.65 Å². The van der Waals surface area contributed by atoms with Crippen molar-refractivity contribution >= 4 is 11.6 Å². The van der Waals surface area contributed by atoms with Crippen LogP contribution in [0.3, 0.4) is 0 Å². The Bertz CT molecular complexity index is 1200. The van der Waals surface area contributed by atoms with Gasteiger partial charge in [0.15, 0.2) is 0 Å². The highest BCUT2D eigenvalue weighted by molar-refractivity contribution is 5.95. The number of aromatic nitrogens is 3. The van der Waals surface area contributed by atoms with E-state index in [0.717, 1.165) is 12.1 Å². The summed E-state index contributed by atoms with van der Waals surface area (Å²) in [4.78, 5) is 20.9. The minimum absolute atomic E-state index is 0.104. The molecule has 0 radical (unpaired) electrons. The number of rotatable bonds is 4. The summed E-state index contributed by atoms with van der Waals surface area (Å²) in [6.45, 7) is 0. The van der Waals surface area contributed by atoms with Gasteiger partial charge in [-0.2, -0.15) is 13.2 Å². The third-order valence-electron chi connectivity index (χ3n) is 4.57. The predicted molar refractivity (Wildman–Crippen MR) is 100 cm³/mol. The third kappa shape index (κ3) is 3.86. The molecule has 4 rings (SSSR count). The van der Waals surface area contributed by atoms with Crippen LogP contribution >= 0.6 is 0 Å². The van der Waals surface area contributed by atoms with Gasteiger partial charge >= 0.3 is 6.18 Å². The Morgan fingerprint density at radius 2 is 1.77 bits per heavy atom. The number of benzene rings is 1. The van der Waals surface area contributed by atoms with Crippen LogP contribution < -0.4 is 5.32 Å². The Labute approximate surface area is 168 Å². The van der Waals surface area contributed by atoms with Crippen LogP contribution in [0, 0.1) is 5.82 Å². The molecule has 3 aromatic heterocycles. The monoisotopic (exact) mass is 414 g/mol. The van der Waals surface area contributed by atoms with Crippen LogP contribution in [0.5, 0.6) is 0 Å². The van der Waals surface area contributed by atoms with Gasteiger partial charge in [0.2, 0.25) is 0 Å². The van der Waals surface area contributed by atoms with E-state index in [4.69, 9.17) is 0 Å². The van der Waals surface area contributed by atoms with Crippen molar-refractivity contribution in [1.29, 1.82) is 0 Å². The average Bonchev–Trinajstić information content (AvgIpc) is 3.20. The SMILES string of the molecule is O=C(N[C@@H](c1ccc(C(F)(F)F)cc1)c1ncccc1F)c1ccn2ccnc2c1. The number of nitrogens with zero attached hydrogens (tertiary/aromatic N) is 3. The van der Waals surface area contributed by atoms with E-state index in [-0.39, 0.29) is 16.8 Å². The van der Waals surface area contributed by atoms with Gasteiger partial charge in [0.25, 0.3) is 5.91 Å². The number of nitrogens with one attached hydrogen (secondary N) is 1. The zero-order valence-corrected chi connectivity index (χ0v) is 15.3. The van der Waals surface area contributed by atoms with E-state index in [1.165, 1.54) is 30.5 Å². The first kappa shape index (κ1) is 19.6. The molecule has 0 saturated carbocycles. The number of hydrogen-bond donors (Lipinski definition) is 1. The summed E-state index contributed by atoms with van der Waals surface area (Å²) in [6.07, 6.45) is 1.77. The lowest BCUT2D eigenvalue weighted by Gasteiger charge is -2.20. The van der Waals surface area contributed by atoms with Crippen LogP contribution in [0.4, 0.5) is 17.6 Å². The molecule has 0 unspecified atom stereocenters. The highest BCUT2D eigenvalue weighted by Crippen LogP contribution is 2.31. The number of pyridine rings is 2. The molecule has 152 valence electrons. The van der Waals surface area contributed by atoms with Gasteiger partial charge in [-0.05, 0) is 42.0 Å². The molecule has 0 aliphatic heterocycles. The lowest BCUT2D eigenvalue weighted by Crippen LogP contribution is -2.30. The molecule has 0 aliphatic carbocycles. The van der Waals surface area contributed by atoms with E-state index in [9.17, 15) is 22.4 Å². The van der Waals surface area contributed by atoms with Crippen molar-refractivity contribution in [3.8, 4) is 0 Å². The van der Waals surface area contributed by atoms with E-state index in [1.807, 2.05) is 0 Å². The minimum atomic E-state index is -4.51. The lowest BCUT2D eigenvalue weighted by atomic mass is 10.0. The molecule has 1 aromatic carbocycles. The van der Waals surface area contributed by atoms with Gasteiger partial charge in [0, 0.05) is 30.4 Å². The molecule has 1 N–H and O–H groups in total. The molecule has 0 spiro atoms. The summed E-state index contributed by atoms with van der Waals surface area (Å²) >= 11 is 0. The van der Waals surface area contributed by atoms with Gasteiger partial charge in [-0.25, -0.2) is 9.37 Å². The maximum absolute atomic E-state index is 14.4. The highest BCUT2D eigenvalue weighted by Gasteiger charge is 2.31. The van der Waals surface area contributed by atoms with E-state index in [0.29, 0.717) is 5.65 Å².